The normalized spacial score (nSPS) is 16.3. The van der Waals surface area contributed by atoms with Crippen LogP contribution in [0.25, 0.3) is 0 Å². The molecule has 156 valence electrons. The third-order valence-electron chi connectivity index (χ3n) is 5.24. The number of thioether (sulfide) groups is 1. The van der Waals surface area contributed by atoms with Gasteiger partial charge < -0.3 is 4.90 Å². The summed E-state index contributed by atoms with van der Waals surface area (Å²) in [7, 11) is -3.76. The fourth-order valence-electron chi connectivity index (χ4n) is 3.58. The van der Waals surface area contributed by atoms with E-state index >= 15 is 0 Å². The number of nitrogens with one attached hydrogen (secondary N) is 1. The Kier molecular flexibility index (Phi) is 7.38. The van der Waals surface area contributed by atoms with E-state index < -0.39 is 10.0 Å². The standard InChI is InChI=1S/C22H28N2O3S2/c1-17(18-10-6-5-7-11-18)23-29(26,27)19-12-13-21(28-2)20(16-19)22(25)24-14-8-3-4-9-15-24/h5-7,10-13,16-17,23H,3-4,8-9,14-15H2,1-2H3/t17-/m0/s1. The van der Waals surface area contributed by atoms with E-state index in [0.717, 1.165) is 49.2 Å². The van der Waals surface area contributed by atoms with Crippen molar-refractivity contribution in [1.82, 2.24) is 9.62 Å². The maximum Gasteiger partial charge on any atom is 0.255 e. The fraction of sp³-hybridized carbons (Fsp3) is 0.409. The quantitative estimate of drug-likeness (QED) is 0.684. The van der Waals surface area contributed by atoms with Crippen LogP contribution in [0.5, 0.6) is 0 Å². The molecule has 0 aliphatic carbocycles. The number of amides is 1. The van der Waals surface area contributed by atoms with E-state index in [-0.39, 0.29) is 16.8 Å². The molecule has 29 heavy (non-hydrogen) atoms. The summed E-state index contributed by atoms with van der Waals surface area (Å²) in [6, 6.07) is 13.9. The van der Waals surface area contributed by atoms with Gasteiger partial charge in [-0.1, -0.05) is 43.2 Å². The number of hydrogen-bond donors (Lipinski definition) is 1. The molecule has 1 saturated heterocycles. The van der Waals surface area contributed by atoms with Gasteiger partial charge in [-0.05, 0) is 49.8 Å². The van der Waals surface area contributed by atoms with Gasteiger partial charge in [0, 0.05) is 24.0 Å². The van der Waals surface area contributed by atoms with Crippen LogP contribution in [0.15, 0.2) is 58.3 Å². The average molecular weight is 433 g/mol. The van der Waals surface area contributed by atoms with Crippen LogP contribution >= 0.6 is 11.8 Å². The van der Waals surface area contributed by atoms with Crippen molar-refractivity contribution in [2.24, 2.45) is 0 Å². The minimum absolute atomic E-state index is 0.0793. The third-order valence-corrected chi connectivity index (χ3v) is 7.57. The molecule has 1 N–H and O–H groups in total. The third kappa shape index (κ3) is 5.41. The van der Waals surface area contributed by atoms with E-state index in [1.54, 1.807) is 12.1 Å². The monoisotopic (exact) mass is 432 g/mol. The molecule has 7 heteroatoms. The molecule has 5 nitrogen and oxygen atoms in total. The van der Waals surface area contributed by atoms with Gasteiger partial charge in [-0.2, -0.15) is 0 Å². The molecule has 1 atom stereocenters. The van der Waals surface area contributed by atoms with Gasteiger partial charge in [-0.25, -0.2) is 13.1 Å². The van der Waals surface area contributed by atoms with Gasteiger partial charge in [0.25, 0.3) is 5.91 Å². The first-order valence-electron chi connectivity index (χ1n) is 9.97. The summed E-state index contributed by atoms with van der Waals surface area (Å²) in [5.74, 6) is -0.0793. The van der Waals surface area contributed by atoms with Crippen molar-refractivity contribution < 1.29 is 13.2 Å². The lowest BCUT2D eigenvalue weighted by Gasteiger charge is -2.22. The van der Waals surface area contributed by atoms with Gasteiger partial charge in [-0.3, -0.25) is 4.79 Å². The minimum atomic E-state index is -3.76. The first-order chi connectivity index (χ1) is 13.9. The van der Waals surface area contributed by atoms with Crippen molar-refractivity contribution in [1.29, 1.82) is 0 Å². The number of carbonyl (C=O) groups excluding carboxylic acids is 1. The summed E-state index contributed by atoms with van der Waals surface area (Å²) in [6.45, 7) is 3.27. The molecule has 0 bridgehead atoms. The number of carbonyl (C=O) groups is 1. The van der Waals surface area contributed by atoms with E-state index in [2.05, 4.69) is 4.72 Å². The lowest BCUT2D eigenvalue weighted by molar-refractivity contribution is 0.0758. The zero-order valence-corrected chi connectivity index (χ0v) is 18.6. The number of benzene rings is 2. The molecule has 0 aromatic heterocycles. The van der Waals surface area contributed by atoms with Crippen molar-refractivity contribution in [3.63, 3.8) is 0 Å². The first-order valence-corrected chi connectivity index (χ1v) is 12.7. The summed E-state index contributed by atoms with van der Waals surface area (Å²) in [6.07, 6.45) is 6.16. The second-order valence-electron chi connectivity index (χ2n) is 7.32. The summed E-state index contributed by atoms with van der Waals surface area (Å²) >= 11 is 1.46. The zero-order valence-electron chi connectivity index (χ0n) is 16.9. The lowest BCUT2D eigenvalue weighted by Crippen LogP contribution is -2.32. The smallest absolute Gasteiger partial charge is 0.255 e. The first kappa shape index (κ1) is 21.9. The van der Waals surface area contributed by atoms with Crippen molar-refractivity contribution in [3.05, 3.63) is 59.7 Å². The van der Waals surface area contributed by atoms with Crippen molar-refractivity contribution >= 4 is 27.7 Å². The van der Waals surface area contributed by atoms with Crippen LogP contribution < -0.4 is 4.72 Å². The number of hydrogen-bond acceptors (Lipinski definition) is 4. The lowest BCUT2D eigenvalue weighted by atomic mass is 10.1. The van der Waals surface area contributed by atoms with Gasteiger partial charge in [0.1, 0.15) is 0 Å². The molecule has 1 aliphatic heterocycles. The van der Waals surface area contributed by atoms with Gasteiger partial charge in [0.15, 0.2) is 0 Å². The molecule has 1 amide bonds. The van der Waals surface area contributed by atoms with Gasteiger partial charge in [0.05, 0.1) is 10.5 Å². The van der Waals surface area contributed by atoms with Crippen LogP contribution in [0.2, 0.25) is 0 Å². The Morgan fingerprint density at radius 1 is 1.03 bits per heavy atom. The highest BCUT2D eigenvalue weighted by Gasteiger charge is 2.24. The Morgan fingerprint density at radius 3 is 2.31 bits per heavy atom. The molecular formula is C22H28N2O3S2. The number of rotatable bonds is 6. The minimum Gasteiger partial charge on any atom is -0.339 e. The molecule has 3 rings (SSSR count). The Hall–Kier alpha value is -1.83. The van der Waals surface area contributed by atoms with Crippen LogP contribution in [0.3, 0.4) is 0 Å². The van der Waals surface area contributed by atoms with E-state index in [0.29, 0.717) is 5.56 Å². The topological polar surface area (TPSA) is 66.5 Å². The van der Waals surface area contributed by atoms with Crippen molar-refractivity contribution in [3.8, 4) is 0 Å². The largest absolute Gasteiger partial charge is 0.339 e. The number of nitrogens with zero attached hydrogens (tertiary/aromatic N) is 1. The molecule has 2 aromatic carbocycles. The molecule has 1 aliphatic rings. The van der Waals surface area contributed by atoms with E-state index in [1.807, 2.05) is 48.4 Å². The Balaban J connectivity index is 1.87. The molecule has 1 fully saturated rings. The highest BCUT2D eigenvalue weighted by molar-refractivity contribution is 7.98. The number of sulfonamides is 1. The Bertz CT molecular complexity index is 938. The maximum absolute atomic E-state index is 13.2. The Labute approximate surface area is 177 Å². The summed E-state index contributed by atoms with van der Waals surface area (Å²) in [5.41, 5.74) is 1.35. The van der Waals surface area contributed by atoms with Crippen LogP contribution in [-0.4, -0.2) is 38.6 Å². The zero-order chi connectivity index (χ0) is 20.9. The second kappa shape index (κ2) is 9.78. The summed E-state index contributed by atoms with van der Waals surface area (Å²) in [4.78, 5) is 15.9. The highest BCUT2D eigenvalue weighted by atomic mass is 32.2. The SMILES string of the molecule is CSc1ccc(S(=O)(=O)N[C@@H](C)c2ccccc2)cc1C(=O)N1CCCCCC1. The molecular weight excluding hydrogens is 404 g/mol. The molecule has 0 unspecified atom stereocenters. The van der Waals surface area contributed by atoms with E-state index in [1.165, 1.54) is 17.8 Å². The predicted octanol–water partition coefficient (Wildman–Crippen LogP) is 4.46. The van der Waals surface area contributed by atoms with Crippen LogP contribution in [0, 0.1) is 0 Å². The van der Waals surface area contributed by atoms with Crippen LogP contribution in [-0.2, 0) is 10.0 Å². The van der Waals surface area contributed by atoms with Crippen LogP contribution in [0.4, 0.5) is 0 Å². The second-order valence-corrected chi connectivity index (χ2v) is 9.88. The number of likely N-dealkylation sites (tertiary alicyclic amines) is 1. The highest BCUT2D eigenvalue weighted by Crippen LogP contribution is 2.27. The average Bonchev–Trinajstić information content (AvgIpc) is 3.02. The maximum atomic E-state index is 13.2. The molecule has 0 spiro atoms. The predicted molar refractivity (Wildman–Crippen MR) is 118 cm³/mol. The fourth-order valence-corrected chi connectivity index (χ4v) is 5.40. The molecule has 2 aromatic rings. The van der Waals surface area contributed by atoms with Gasteiger partial charge in [-0.15, -0.1) is 11.8 Å². The summed E-state index contributed by atoms with van der Waals surface area (Å²) < 4.78 is 28.7. The van der Waals surface area contributed by atoms with Gasteiger partial charge in [0.2, 0.25) is 10.0 Å². The van der Waals surface area contributed by atoms with Gasteiger partial charge >= 0.3 is 0 Å². The van der Waals surface area contributed by atoms with Crippen LogP contribution in [0.1, 0.15) is 54.6 Å². The van der Waals surface area contributed by atoms with E-state index in [9.17, 15) is 13.2 Å². The Morgan fingerprint density at radius 2 is 1.69 bits per heavy atom. The molecule has 0 radical (unpaired) electrons. The molecule has 0 saturated carbocycles. The van der Waals surface area contributed by atoms with Crippen molar-refractivity contribution in [2.45, 2.75) is 48.4 Å². The van der Waals surface area contributed by atoms with E-state index in [4.69, 9.17) is 0 Å². The van der Waals surface area contributed by atoms with Crippen molar-refractivity contribution in [2.75, 3.05) is 19.3 Å². The molecule has 1 heterocycles. The summed E-state index contributed by atoms with van der Waals surface area (Å²) in [5, 5.41) is 0.